The monoisotopic (exact) mass is 447 g/mol. The topological polar surface area (TPSA) is 56.8 Å². The molecule has 0 spiro atoms. The minimum atomic E-state index is -0.103. The Kier molecular flexibility index (Phi) is 9.19. The normalized spacial score (nSPS) is 11.5. The van der Waals surface area contributed by atoms with Crippen LogP contribution in [0, 0.1) is 0 Å². The average molecular weight is 448 g/mol. The minimum Gasteiger partial charge on any atom is -0.494 e. The SMILES string of the molecule is CCCCOc1ccc(C(=O)NCC(Cc2ccccc2)c2ccc(OC)c(OC)c2)cc1. The van der Waals surface area contributed by atoms with Crippen molar-refractivity contribution in [2.75, 3.05) is 27.4 Å². The molecule has 3 rings (SSSR count). The van der Waals surface area contributed by atoms with Crippen LogP contribution >= 0.6 is 0 Å². The smallest absolute Gasteiger partial charge is 0.251 e. The first-order valence-electron chi connectivity index (χ1n) is 11.4. The van der Waals surface area contributed by atoms with Crippen molar-refractivity contribution in [2.24, 2.45) is 0 Å². The predicted molar refractivity (Wildman–Crippen MR) is 132 cm³/mol. The van der Waals surface area contributed by atoms with Crippen LogP contribution in [0.3, 0.4) is 0 Å². The molecule has 0 fully saturated rings. The zero-order chi connectivity index (χ0) is 23.5. The van der Waals surface area contributed by atoms with Gasteiger partial charge in [0.05, 0.1) is 20.8 Å². The van der Waals surface area contributed by atoms with Gasteiger partial charge in [-0.15, -0.1) is 0 Å². The number of methoxy groups -OCH3 is 2. The summed E-state index contributed by atoms with van der Waals surface area (Å²) in [4.78, 5) is 12.8. The molecule has 0 saturated carbocycles. The van der Waals surface area contributed by atoms with E-state index in [1.165, 1.54) is 5.56 Å². The number of unbranched alkanes of at least 4 members (excludes halogenated alkanes) is 1. The Morgan fingerprint density at radius 1 is 0.909 bits per heavy atom. The van der Waals surface area contributed by atoms with E-state index in [1.54, 1.807) is 26.4 Å². The molecule has 0 heterocycles. The lowest BCUT2D eigenvalue weighted by atomic mass is 9.91. The van der Waals surface area contributed by atoms with Crippen LogP contribution in [0.15, 0.2) is 72.8 Å². The first-order valence-corrected chi connectivity index (χ1v) is 11.4. The Bertz CT molecular complexity index is 1000. The van der Waals surface area contributed by atoms with Gasteiger partial charge in [0.15, 0.2) is 11.5 Å². The third-order valence-electron chi connectivity index (χ3n) is 5.60. The number of carbonyl (C=O) groups excluding carboxylic acids is 1. The molecule has 1 amide bonds. The van der Waals surface area contributed by atoms with Gasteiger partial charge in [0.2, 0.25) is 0 Å². The molecule has 0 bridgehead atoms. The number of hydrogen-bond acceptors (Lipinski definition) is 4. The van der Waals surface area contributed by atoms with Crippen molar-refractivity contribution in [3.05, 3.63) is 89.5 Å². The van der Waals surface area contributed by atoms with Crippen LogP contribution in [-0.2, 0) is 6.42 Å². The van der Waals surface area contributed by atoms with Crippen LogP contribution in [0.1, 0.15) is 47.2 Å². The van der Waals surface area contributed by atoms with Crippen LogP contribution in [0.5, 0.6) is 17.2 Å². The van der Waals surface area contributed by atoms with Crippen molar-refractivity contribution in [3.8, 4) is 17.2 Å². The lowest BCUT2D eigenvalue weighted by Crippen LogP contribution is -2.29. The Morgan fingerprint density at radius 2 is 1.64 bits per heavy atom. The molecule has 0 aliphatic heterocycles. The first kappa shape index (κ1) is 24.2. The highest BCUT2D eigenvalue weighted by Crippen LogP contribution is 2.32. The molecule has 0 aliphatic rings. The predicted octanol–water partition coefficient (Wildman–Crippen LogP) is 5.64. The second kappa shape index (κ2) is 12.5. The fourth-order valence-electron chi connectivity index (χ4n) is 3.67. The third-order valence-corrected chi connectivity index (χ3v) is 5.60. The van der Waals surface area contributed by atoms with Crippen LogP contribution < -0.4 is 19.5 Å². The number of rotatable bonds is 12. The summed E-state index contributed by atoms with van der Waals surface area (Å²) in [6.07, 6.45) is 2.90. The summed E-state index contributed by atoms with van der Waals surface area (Å²) in [6.45, 7) is 3.32. The summed E-state index contributed by atoms with van der Waals surface area (Å²) >= 11 is 0. The van der Waals surface area contributed by atoms with E-state index >= 15 is 0 Å². The average Bonchev–Trinajstić information content (AvgIpc) is 2.87. The fourth-order valence-corrected chi connectivity index (χ4v) is 3.67. The molecule has 3 aromatic carbocycles. The molecule has 0 aromatic heterocycles. The van der Waals surface area contributed by atoms with Gasteiger partial charge in [-0.05, 0) is 60.4 Å². The Labute approximate surface area is 196 Å². The van der Waals surface area contributed by atoms with E-state index in [1.807, 2.05) is 48.5 Å². The molecule has 1 N–H and O–H groups in total. The second-order valence-electron chi connectivity index (χ2n) is 7.94. The van der Waals surface area contributed by atoms with E-state index in [0.717, 1.165) is 30.6 Å². The van der Waals surface area contributed by atoms with E-state index in [9.17, 15) is 4.79 Å². The van der Waals surface area contributed by atoms with Gasteiger partial charge in [0.1, 0.15) is 5.75 Å². The van der Waals surface area contributed by atoms with Crippen molar-refractivity contribution in [1.29, 1.82) is 0 Å². The molecule has 1 unspecified atom stereocenters. The number of hydrogen-bond donors (Lipinski definition) is 1. The maximum absolute atomic E-state index is 12.8. The molecule has 3 aromatic rings. The van der Waals surface area contributed by atoms with E-state index < -0.39 is 0 Å². The van der Waals surface area contributed by atoms with Crippen molar-refractivity contribution >= 4 is 5.91 Å². The van der Waals surface area contributed by atoms with Crippen molar-refractivity contribution in [3.63, 3.8) is 0 Å². The lowest BCUT2D eigenvalue weighted by molar-refractivity contribution is 0.0951. The van der Waals surface area contributed by atoms with Gasteiger partial charge in [0, 0.05) is 18.0 Å². The molecule has 1 atom stereocenters. The summed E-state index contributed by atoms with van der Waals surface area (Å²) in [7, 11) is 3.25. The Balaban J connectivity index is 1.71. The molecule has 0 saturated heterocycles. The highest BCUT2D eigenvalue weighted by molar-refractivity contribution is 5.94. The molecule has 174 valence electrons. The maximum atomic E-state index is 12.8. The summed E-state index contributed by atoms with van der Waals surface area (Å²) in [5.74, 6) is 2.12. The van der Waals surface area contributed by atoms with Gasteiger partial charge in [-0.3, -0.25) is 4.79 Å². The highest BCUT2D eigenvalue weighted by atomic mass is 16.5. The molecule has 5 heteroatoms. The van der Waals surface area contributed by atoms with Crippen LogP contribution in [-0.4, -0.2) is 33.3 Å². The lowest BCUT2D eigenvalue weighted by Gasteiger charge is -2.20. The van der Waals surface area contributed by atoms with E-state index in [-0.39, 0.29) is 11.8 Å². The van der Waals surface area contributed by atoms with Gasteiger partial charge in [-0.1, -0.05) is 49.7 Å². The maximum Gasteiger partial charge on any atom is 0.251 e. The van der Waals surface area contributed by atoms with E-state index in [2.05, 4.69) is 24.4 Å². The molecular weight excluding hydrogens is 414 g/mol. The zero-order valence-corrected chi connectivity index (χ0v) is 19.7. The van der Waals surface area contributed by atoms with E-state index in [4.69, 9.17) is 14.2 Å². The molecule has 5 nitrogen and oxygen atoms in total. The summed E-state index contributed by atoms with van der Waals surface area (Å²) < 4.78 is 16.6. The van der Waals surface area contributed by atoms with Gasteiger partial charge in [-0.2, -0.15) is 0 Å². The summed E-state index contributed by atoms with van der Waals surface area (Å²) in [5.41, 5.74) is 2.90. The number of amides is 1. The number of carbonyl (C=O) groups is 1. The molecule has 33 heavy (non-hydrogen) atoms. The fraction of sp³-hybridized carbons (Fsp3) is 0.321. The summed E-state index contributed by atoms with van der Waals surface area (Å²) in [6, 6.07) is 23.5. The number of nitrogens with one attached hydrogen (secondary N) is 1. The first-order chi connectivity index (χ1) is 16.1. The highest BCUT2D eigenvalue weighted by Gasteiger charge is 2.17. The number of benzene rings is 3. The molecule has 0 aliphatic carbocycles. The van der Waals surface area contributed by atoms with E-state index in [0.29, 0.717) is 30.2 Å². The zero-order valence-electron chi connectivity index (χ0n) is 19.7. The molecular formula is C28H33NO4. The van der Waals surface area contributed by atoms with Gasteiger partial charge >= 0.3 is 0 Å². The second-order valence-corrected chi connectivity index (χ2v) is 7.94. The quantitative estimate of drug-likeness (QED) is 0.365. The van der Waals surface area contributed by atoms with Crippen LogP contribution in [0.25, 0.3) is 0 Å². The van der Waals surface area contributed by atoms with Crippen molar-refractivity contribution in [2.45, 2.75) is 32.1 Å². The largest absolute Gasteiger partial charge is 0.494 e. The third kappa shape index (κ3) is 7.01. The molecule has 0 radical (unpaired) electrons. The van der Waals surface area contributed by atoms with Crippen molar-refractivity contribution in [1.82, 2.24) is 5.32 Å². The standard InChI is InChI=1S/C28H33NO4/c1-4-5-17-33-25-14-11-22(12-15-25)28(30)29-20-24(18-21-9-7-6-8-10-21)23-13-16-26(31-2)27(19-23)32-3/h6-16,19,24H,4-5,17-18,20H2,1-3H3,(H,29,30). The van der Waals surface area contributed by atoms with Crippen LogP contribution in [0.4, 0.5) is 0 Å². The van der Waals surface area contributed by atoms with Crippen LogP contribution in [0.2, 0.25) is 0 Å². The van der Waals surface area contributed by atoms with Gasteiger partial charge in [-0.25, -0.2) is 0 Å². The number of ether oxygens (including phenoxy) is 3. The minimum absolute atomic E-state index is 0.0767. The Hall–Kier alpha value is -3.47. The summed E-state index contributed by atoms with van der Waals surface area (Å²) in [5, 5.41) is 3.10. The van der Waals surface area contributed by atoms with Gasteiger partial charge in [0.25, 0.3) is 5.91 Å². The van der Waals surface area contributed by atoms with Crippen molar-refractivity contribution < 1.29 is 19.0 Å². The Morgan fingerprint density at radius 3 is 2.30 bits per heavy atom. The van der Waals surface area contributed by atoms with Gasteiger partial charge < -0.3 is 19.5 Å².